The molecular formula is C14H23N3. The van der Waals surface area contributed by atoms with Crippen molar-refractivity contribution < 1.29 is 0 Å². The molecule has 2 heterocycles. The van der Waals surface area contributed by atoms with Crippen LogP contribution in [0.2, 0.25) is 0 Å². The third kappa shape index (κ3) is 3.18. The van der Waals surface area contributed by atoms with Gasteiger partial charge in [0.2, 0.25) is 0 Å². The van der Waals surface area contributed by atoms with Crippen LogP contribution < -0.4 is 4.90 Å². The lowest BCUT2D eigenvalue weighted by Gasteiger charge is -2.22. The van der Waals surface area contributed by atoms with Crippen molar-refractivity contribution >= 4 is 5.82 Å². The maximum absolute atomic E-state index is 4.57. The van der Waals surface area contributed by atoms with Crippen molar-refractivity contribution in [3.8, 4) is 0 Å². The van der Waals surface area contributed by atoms with Crippen LogP contribution in [-0.2, 0) is 0 Å². The molecule has 1 aliphatic heterocycles. The molecule has 0 aromatic carbocycles. The van der Waals surface area contributed by atoms with Crippen LogP contribution in [0, 0.1) is 18.8 Å². The van der Waals surface area contributed by atoms with Gasteiger partial charge in [0.05, 0.1) is 11.9 Å². The normalized spacial score (nSPS) is 21.6. The van der Waals surface area contributed by atoms with Crippen molar-refractivity contribution in [2.45, 2.75) is 40.0 Å². The maximum Gasteiger partial charge on any atom is 0.147 e. The Bertz CT molecular complexity index is 362. The molecule has 1 unspecified atom stereocenters. The van der Waals surface area contributed by atoms with Crippen molar-refractivity contribution in [1.82, 2.24) is 9.97 Å². The number of aryl methyl sites for hydroxylation is 1. The average Bonchev–Trinajstić information content (AvgIpc) is 2.54. The fourth-order valence-corrected chi connectivity index (χ4v) is 2.62. The van der Waals surface area contributed by atoms with Crippen molar-refractivity contribution in [2.75, 3.05) is 18.0 Å². The third-order valence-electron chi connectivity index (χ3n) is 3.78. The van der Waals surface area contributed by atoms with Gasteiger partial charge in [-0.2, -0.15) is 0 Å². The minimum atomic E-state index is 0.804. The SMILES string of the molecule is Cc1cncc(N2CCCC(C(C)C)CC2)n1. The number of rotatable bonds is 2. The predicted molar refractivity (Wildman–Crippen MR) is 71.2 cm³/mol. The fourth-order valence-electron chi connectivity index (χ4n) is 2.62. The van der Waals surface area contributed by atoms with Gasteiger partial charge in [0.25, 0.3) is 0 Å². The van der Waals surface area contributed by atoms with E-state index >= 15 is 0 Å². The van der Waals surface area contributed by atoms with Crippen molar-refractivity contribution in [3.63, 3.8) is 0 Å². The molecule has 0 radical (unpaired) electrons. The molecule has 0 spiro atoms. The molecule has 0 bridgehead atoms. The van der Waals surface area contributed by atoms with E-state index in [2.05, 4.69) is 28.7 Å². The molecule has 1 saturated heterocycles. The van der Waals surface area contributed by atoms with Crippen LogP contribution in [0.5, 0.6) is 0 Å². The van der Waals surface area contributed by atoms with Crippen LogP contribution in [0.1, 0.15) is 38.8 Å². The minimum Gasteiger partial charge on any atom is -0.355 e. The summed E-state index contributed by atoms with van der Waals surface area (Å²) in [7, 11) is 0. The van der Waals surface area contributed by atoms with Gasteiger partial charge < -0.3 is 4.90 Å². The van der Waals surface area contributed by atoms with Crippen molar-refractivity contribution in [1.29, 1.82) is 0 Å². The summed E-state index contributed by atoms with van der Waals surface area (Å²) in [6, 6.07) is 0. The zero-order valence-corrected chi connectivity index (χ0v) is 11.2. The first-order valence-electron chi connectivity index (χ1n) is 6.70. The molecule has 1 fully saturated rings. The average molecular weight is 233 g/mol. The van der Waals surface area contributed by atoms with Gasteiger partial charge in [0, 0.05) is 19.3 Å². The Morgan fingerprint density at radius 2 is 2.06 bits per heavy atom. The molecule has 1 aromatic heterocycles. The largest absolute Gasteiger partial charge is 0.355 e. The smallest absolute Gasteiger partial charge is 0.147 e. The number of hydrogen-bond acceptors (Lipinski definition) is 3. The van der Waals surface area contributed by atoms with E-state index in [4.69, 9.17) is 0 Å². The lowest BCUT2D eigenvalue weighted by Crippen LogP contribution is -2.25. The molecule has 0 saturated carbocycles. The Hall–Kier alpha value is -1.12. The number of hydrogen-bond donors (Lipinski definition) is 0. The quantitative estimate of drug-likeness (QED) is 0.786. The molecule has 1 atom stereocenters. The number of anilines is 1. The maximum atomic E-state index is 4.57. The molecular weight excluding hydrogens is 210 g/mol. The molecule has 2 rings (SSSR count). The van der Waals surface area contributed by atoms with Crippen LogP contribution >= 0.6 is 0 Å². The fraction of sp³-hybridized carbons (Fsp3) is 0.714. The number of aromatic nitrogens is 2. The summed E-state index contributed by atoms with van der Waals surface area (Å²) in [6.07, 6.45) is 7.63. The van der Waals surface area contributed by atoms with Crippen LogP contribution in [-0.4, -0.2) is 23.1 Å². The Morgan fingerprint density at radius 1 is 1.24 bits per heavy atom. The Morgan fingerprint density at radius 3 is 2.76 bits per heavy atom. The van der Waals surface area contributed by atoms with Gasteiger partial charge in [0.15, 0.2) is 0 Å². The zero-order valence-electron chi connectivity index (χ0n) is 11.2. The Kier molecular flexibility index (Phi) is 3.97. The van der Waals surface area contributed by atoms with Gasteiger partial charge in [-0.3, -0.25) is 4.98 Å². The topological polar surface area (TPSA) is 29.0 Å². The molecule has 0 amide bonds. The molecule has 94 valence electrons. The molecule has 3 nitrogen and oxygen atoms in total. The van der Waals surface area contributed by atoms with E-state index in [1.807, 2.05) is 19.3 Å². The van der Waals surface area contributed by atoms with Gasteiger partial charge in [-0.25, -0.2) is 4.98 Å². The highest BCUT2D eigenvalue weighted by Crippen LogP contribution is 2.26. The van der Waals surface area contributed by atoms with E-state index in [1.165, 1.54) is 19.3 Å². The Balaban J connectivity index is 2.04. The standard InChI is InChI=1S/C14H23N3/c1-11(2)13-5-4-7-17(8-6-13)14-10-15-9-12(3)16-14/h9-11,13H,4-8H2,1-3H3. The van der Waals surface area contributed by atoms with E-state index in [0.717, 1.165) is 36.4 Å². The second kappa shape index (κ2) is 5.48. The second-order valence-corrected chi connectivity index (χ2v) is 5.44. The molecule has 3 heteroatoms. The third-order valence-corrected chi connectivity index (χ3v) is 3.78. The zero-order chi connectivity index (χ0) is 12.3. The first-order valence-corrected chi connectivity index (χ1v) is 6.70. The highest BCUT2D eigenvalue weighted by molar-refractivity contribution is 5.36. The molecule has 1 aromatic rings. The van der Waals surface area contributed by atoms with Gasteiger partial charge in [0.1, 0.15) is 5.82 Å². The van der Waals surface area contributed by atoms with Crippen molar-refractivity contribution in [2.24, 2.45) is 11.8 Å². The van der Waals surface area contributed by atoms with Crippen LogP contribution in [0.25, 0.3) is 0 Å². The summed E-state index contributed by atoms with van der Waals surface area (Å²) < 4.78 is 0. The van der Waals surface area contributed by atoms with E-state index < -0.39 is 0 Å². The summed E-state index contributed by atoms with van der Waals surface area (Å²) in [4.78, 5) is 11.2. The number of nitrogens with zero attached hydrogens (tertiary/aromatic N) is 3. The van der Waals surface area contributed by atoms with Gasteiger partial charge >= 0.3 is 0 Å². The van der Waals surface area contributed by atoms with Gasteiger partial charge in [-0.05, 0) is 38.0 Å². The lowest BCUT2D eigenvalue weighted by molar-refractivity contribution is 0.351. The van der Waals surface area contributed by atoms with Gasteiger partial charge in [-0.15, -0.1) is 0 Å². The summed E-state index contributed by atoms with van der Waals surface area (Å²) in [5, 5.41) is 0. The van der Waals surface area contributed by atoms with E-state index in [0.29, 0.717) is 0 Å². The molecule has 17 heavy (non-hydrogen) atoms. The predicted octanol–water partition coefficient (Wildman–Crippen LogP) is 3.05. The van der Waals surface area contributed by atoms with Crippen LogP contribution in [0.3, 0.4) is 0 Å². The highest BCUT2D eigenvalue weighted by atomic mass is 15.2. The molecule has 1 aliphatic rings. The highest BCUT2D eigenvalue weighted by Gasteiger charge is 2.20. The van der Waals surface area contributed by atoms with Crippen LogP contribution in [0.15, 0.2) is 12.4 Å². The minimum absolute atomic E-state index is 0.804. The van der Waals surface area contributed by atoms with Crippen LogP contribution in [0.4, 0.5) is 5.82 Å². The van der Waals surface area contributed by atoms with E-state index in [1.54, 1.807) is 0 Å². The van der Waals surface area contributed by atoms with Gasteiger partial charge in [-0.1, -0.05) is 13.8 Å². The first-order chi connectivity index (χ1) is 8.16. The monoisotopic (exact) mass is 233 g/mol. The lowest BCUT2D eigenvalue weighted by atomic mass is 9.89. The summed E-state index contributed by atoms with van der Waals surface area (Å²) in [6.45, 7) is 8.94. The van der Waals surface area contributed by atoms with Crippen molar-refractivity contribution in [3.05, 3.63) is 18.1 Å². The second-order valence-electron chi connectivity index (χ2n) is 5.44. The summed E-state index contributed by atoms with van der Waals surface area (Å²) in [5.41, 5.74) is 1.01. The summed E-state index contributed by atoms with van der Waals surface area (Å²) >= 11 is 0. The Labute approximate surface area is 104 Å². The van der Waals surface area contributed by atoms with E-state index in [9.17, 15) is 0 Å². The molecule has 0 aliphatic carbocycles. The van der Waals surface area contributed by atoms with E-state index in [-0.39, 0.29) is 0 Å². The summed E-state index contributed by atoms with van der Waals surface area (Å²) in [5.74, 6) is 2.73. The first kappa shape index (κ1) is 12.3. The molecule has 0 N–H and O–H groups in total.